The Morgan fingerprint density at radius 3 is 1.98 bits per heavy atom. The van der Waals surface area contributed by atoms with Gasteiger partial charge in [0, 0.05) is 34.9 Å². The van der Waals surface area contributed by atoms with Gasteiger partial charge in [0.1, 0.15) is 48.8 Å². The summed E-state index contributed by atoms with van der Waals surface area (Å²) in [6.45, 7) is 19.0. The Labute approximate surface area is 510 Å². The number of aliphatic carboxylic acids is 1. The van der Waals surface area contributed by atoms with E-state index in [9.17, 15) is 63.9 Å². The Bertz CT molecular complexity index is 2630. The van der Waals surface area contributed by atoms with Crippen LogP contribution < -0.4 is 31.7 Å². The molecule has 4 rings (SSSR count). The summed E-state index contributed by atoms with van der Waals surface area (Å²) in [5.74, 6) is -7.25. The van der Waals surface area contributed by atoms with Gasteiger partial charge in [0.25, 0.3) is 0 Å². The summed E-state index contributed by atoms with van der Waals surface area (Å²) in [5.41, 5.74) is 6.71. The molecule has 26 heteroatoms. The molecule has 0 aromatic heterocycles. The second-order valence-corrected chi connectivity index (χ2v) is 24.0. The van der Waals surface area contributed by atoms with E-state index in [1.807, 2.05) is 19.9 Å². The predicted octanol–water partition coefficient (Wildman–Crippen LogP) is 2.28. The van der Waals surface area contributed by atoms with Crippen LogP contribution in [0.3, 0.4) is 0 Å². The number of rotatable bonds is 30. The molecule has 17 atom stereocenters. The zero-order valence-corrected chi connectivity index (χ0v) is 52.9. The topological polar surface area (TPSA) is 368 Å². The molecule has 11 N–H and O–H groups in total. The fourth-order valence-electron chi connectivity index (χ4n) is 11.0. The summed E-state index contributed by atoms with van der Waals surface area (Å²) in [5, 5.41) is 63.1. The zero-order valence-electron chi connectivity index (χ0n) is 52.9. The summed E-state index contributed by atoms with van der Waals surface area (Å²) in [6.07, 6.45) is -11.8. The van der Waals surface area contributed by atoms with E-state index in [0.717, 1.165) is 4.90 Å². The molecule has 1 unspecified atom stereocenters. The minimum atomic E-state index is -2.04. The highest BCUT2D eigenvalue weighted by molar-refractivity contribution is 5.98. The van der Waals surface area contributed by atoms with E-state index < -0.39 is 151 Å². The van der Waals surface area contributed by atoms with Crippen LogP contribution in [0.1, 0.15) is 119 Å². The lowest BCUT2D eigenvalue weighted by molar-refractivity contribution is -0.271. The Kier molecular flexibility index (Phi) is 27.8. The number of nitrogens with one attached hydrogen (secondary N) is 4. The number of nitrogens with zero attached hydrogens (tertiary/aromatic N) is 3. The molecule has 7 amide bonds. The van der Waals surface area contributed by atoms with Gasteiger partial charge in [0.2, 0.25) is 41.7 Å². The molecule has 0 bridgehead atoms. The number of likely N-dealkylation sites (tertiary alicyclic amines) is 1. The van der Waals surface area contributed by atoms with Crippen LogP contribution in [0.4, 0.5) is 10.5 Å². The number of methoxy groups -OCH3 is 2. The Hall–Kier alpha value is -6.52. The van der Waals surface area contributed by atoms with Gasteiger partial charge in [-0.15, -0.1) is 0 Å². The highest BCUT2D eigenvalue weighted by atomic mass is 16.7. The maximum atomic E-state index is 14.8. The number of carboxylic acid groups (broad SMARTS) is 1. The molecule has 0 radical (unpaired) electrons. The Morgan fingerprint density at radius 1 is 0.770 bits per heavy atom. The minimum Gasteiger partial charge on any atom is -0.479 e. The molecule has 2 saturated heterocycles. The summed E-state index contributed by atoms with van der Waals surface area (Å²) in [6, 6.07) is 6.87. The van der Waals surface area contributed by atoms with Crippen molar-refractivity contribution in [2.45, 2.75) is 200 Å². The van der Waals surface area contributed by atoms with Crippen molar-refractivity contribution in [1.29, 1.82) is 0 Å². The van der Waals surface area contributed by atoms with Gasteiger partial charge in [-0.3, -0.25) is 33.7 Å². The number of ether oxygens (including phenoxy) is 5. The van der Waals surface area contributed by atoms with Crippen LogP contribution in [-0.2, 0) is 59.1 Å². The van der Waals surface area contributed by atoms with E-state index >= 15 is 0 Å². The van der Waals surface area contributed by atoms with Gasteiger partial charge >= 0.3 is 12.1 Å². The van der Waals surface area contributed by atoms with Crippen molar-refractivity contribution in [2.75, 3.05) is 40.2 Å². The van der Waals surface area contributed by atoms with Crippen molar-refractivity contribution in [3.63, 3.8) is 0 Å². The van der Waals surface area contributed by atoms with Gasteiger partial charge in [0.05, 0.1) is 60.5 Å². The van der Waals surface area contributed by atoms with Gasteiger partial charge in [-0.2, -0.15) is 0 Å². The van der Waals surface area contributed by atoms with Gasteiger partial charge in [-0.25, -0.2) is 9.59 Å². The molecule has 2 aromatic carbocycles. The second kappa shape index (κ2) is 33.2. The number of carboxylic acids is 1. The fraction of sp³-hybridized carbons (Fsp3) is 0.672. The summed E-state index contributed by atoms with van der Waals surface area (Å²) < 4.78 is 28.9. The molecule has 2 aliphatic rings. The van der Waals surface area contributed by atoms with Crippen LogP contribution >= 0.6 is 0 Å². The standard InChI is InChI=1S/C61H96N8O18/c1-16-33(8)47(42(83-14)28-43(70)69-26-20-23-40(69)52(84-15)34(9)54(75)63-35(10)48(71)38-21-18-17-19-22-38)67(12)58(79)45(31(4)5)66-57(78)46(32(6)7)68(13)61(82)85-29-37-24-25-39(65-55(76)36(11)64-56(77)44(62)30(2)3)41(27-37)86-60-51(74)49(72)50(73)53(87-60)59(80)81/h17-19,21-22,24-25,27,30-36,40,42,44-53,60,71-74H,16,20,23,26,28-29,62H2,1-15H3,(H,63,75)(H,64,77)(H,65,76)(H,66,78)(H,80,81)/t33-,34+,35+,36-,40-,42+,44-,45-,46-,47-,48+,49-,50-,51+,52+,53-,60?/m0/s1. The van der Waals surface area contributed by atoms with Crippen molar-refractivity contribution >= 4 is 53.2 Å². The molecule has 2 aliphatic heterocycles. The molecule has 2 fully saturated rings. The number of hydrogen-bond acceptors (Lipinski definition) is 18. The lowest BCUT2D eigenvalue weighted by Gasteiger charge is -2.41. The van der Waals surface area contributed by atoms with Crippen LogP contribution in [-0.4, -0.2) is 208 Å². The average molecular weight is 1230 g/mol. The first kappa shape index (κ1) is 73.0. The van der Waals surface area contributed by atoms with Crippen molar-refractivity contribution in [2.24, 2.45) is 35.3 Å². The SMILES string of the molecule is CC[C@H](C)[C@@H]([C@@H](CC(=O)N1CCC[C@H]1[C@H](OC)[C@@H](C)C(=O)N[C@H](C)[C@@H](O)c1ccccc1)OC)N(C)C(=O)[C@@H](NC(=O)[C@H](C(C)C)N(C)C(=O)OCc1ccc(NC(=O)[C@H](C)NC(=O)[C@@H](N)C(C)C)c(OC2O[C@H](C(=O)O)[C@@H](O)[C@H](O)[C@H]2O)c1)C(C)C. The largest absolute Gasteiger partial charge is 0.479 e. The maximum Gasteiger partial charge on any atom is 0.410 e. The number of hydrogen-bond donors (Lipinski definition) is 10. The number of benzene rings is 2. The third-order valence-electron chi connectivity index (χ3n) is 16.6. The molecule has 2 heterocycles. The Morgan fingerprint density at radius 2 is 1.41 bits per heavy atom. The van der Waals surface area contributed by atoms with Crippen molar-refractivity contribution in [3.8, 4) is 5.75 Å². The van der Waals surface area contributed by atoms with E-state index in [2.05, 4.69) is 21.3 Å². The smallest absolute Gasteiger partial charge is 0.410 e. The number of aliphatic hydroxyl groups is 4. The summed E-state index contributed by atoms with van der Waals surface area (Å²) in [7, 11) is 5.92. The molecule has 0 aliphatic carbocycles. The molecular formula is C61H96N8O18. The van der Waals surface area contributed by atoms with Gasteiger partial charge < -0.3 is 86.0 Å². The summed E-state index contributed by atoms with van der Waals surface area (Å²) in [4.78, 5) is 114. The number of amides is 7. The molecule has 0 saturated carbocycles. The zero-order chi connectivity index (χ0) is 65.5. The van der Waals surface area contributed by atoms with Crippen molar-refractivity contribution < 1.29 is 87.6 Å². The second-order valence-electron chi connectivity index (χ2n) is 24.0. The molecule has 0 spiro atoms. The van der Waals surface area contributed by atoms with Crippen LogP contribution in [0, 0.1) is 29.6 Å². The third-order valence-corrected chi connectivity index (χ3v) is 16.6. The number of anilines is 1. The first-order valence-electron chi connectivity index (χ1n) is 29.8. The fourth-order valence-corrected chi connectivity index (χ4v) is 11.0. The van der Waals surface area contributed by atoms with Crippen molar-refractivity contribution in [3.05, 3.63) is 59.7 Å². The molecule has 26 nitrogen and oxygen atoms in total. The molecule has 2 aromatic rings. The number of aliphatic hydroxyl groups excluding tert-OH is 4. The predicted molar refractivity (Wildman–Crippen MR) is 319 cm³/mol. The minimum absolute atomic E-state index is 0.100. The maximum absolute atomic E-state index is 14.8. The van der Waals surface area contributed by atoms with Gasteiger partial charge in [-0.1, -0.05) is 105 Å². The first-order valence-corrected chi connectivity index (χ1v) is 29.8. The highest BCUT2D eigenvalue weighted by Crippen LogP contribution is 2.33. The number of carbonyl (C=O) groups is 8. The Balaban J connectivity index is 1.51. The average Bonchev–Trinajstić information content (AvgIpc) is 3.12. The number of carbonyl (C=O) groups excluding carboxylic acids is 7. The van der Waals surface area contributed by atoms with Crippen molar-refractivity contribution in [1.82, 2.24) is 30.7 Å². The van der Waals surface area contributed by atoms with Gasteiger partial charge in [-0.05, 0) is 73.6 Å². The van der Waals surface area contributed by atoms with E-state index in [0.29, 0.717) is 31.4 Å². The number of nitrogens with two attached hydrogens (primary N) is 1. The summed E-state index contributed by atoms with van der Waals surface area (Å²) >= 11 is 0. The normalized spacial score (nSPS) is 22.5. The van der Waals surface area contributed by atoms with Crippen LogP contribution in [0.15, 0.2) is 48.5 Å². The third kappa shape index (κ3) is 18.8. The highest BCUT2D eigenvalue weighted by Gasteiger charge is 2.49. The van der Waals surface area contributed by atoms with E-state index in [-0.39, 0.29) is 47.1 Å². The first-order chi connectivity index (χ1) is 40.8. The quantitative estimate of drug-likeness (QED) is 0.0536. The monoisotopic (exact) mass is 1230 g/mol. The van der Waals surface area contributed by atoms with Crippen LogP contribution in [0.25, 0.3) is 0 Å². The molecule has 87 heavy (non-hydrogen) atoms. The van der Waals surface area contributed by atoms with E-state index in [4.69, 9.17) is 29.4 Å². The van der Waals surface area contributed by atoms with Crippen LogP contribution in [0.5, 0.6) is 5.75 Å². The van der Waals surface area contributed by atoms with Crippen LogP contribution in [0.2, 0.25) is 0 Å². The van der Waals surface area contributed by atoms with E-state index in [1.165, 1.54) is 51.3 Å². The molecule has 488 valence electrons. The number of likely N-dealkylation sites (N-methyl/N-ethyl adjacent to an activating group) is 2. The lowest BCUT2D eigenvalue weighted by atomic mass is 9.89. The van der Waals surface area contributed by atoms with Gasteiger partial charge in [0.15, 0.2) is 6.10 Å². The van der Waals surface area contributed by atoms with E-state index in [1.54, 1.807) is 91.6 Å². The lowest BCUT2D eigenvalue weighted by Crippen LogP contribution is -2.61. The molecular weight excluding hydrogens is 1130 g/mol.